The lowest BCUT2D eigenvalue weighted by Crippen LogP contribution is -2.06. The van der Waals surface area contributed by atoms with Crippen molar-refractivity contribution in [3.05, 3.63) is 109 Å². The SMILES string of the molecule is COC(=O)c1cccc(-n2nc(-c3ccc(-c4ccc(OC(C)C)nc4)cc3)cc2-c2ccc3nccnc3c2)c1. The second kappa shape index (κ2) is 11.0. The predicted octanol–water partition coefficient (Wildman–Crippen LogP) is 6.79. The van der Waals surface area contributed by atoms with Gasteiger partial charge in [-0.2, -0.15) is 5.10 Å². The molecule has 3 aromatic carbocycles. The second-order valence-electron chi connectivity index (χ2n) is 9.76. The molecule has 3 aromatic heterocycles. The van der Waals surface area contributed by atoms with Crippen molar-refractivity contribution in [2.45, 2.75) is 20.0 Å². The van der Waals surface area contributed by atoms with Gasteiger partial charge in [-0.05, 0) is 61.9 Å². The van der Waals surface area contributed by atoms with Crippen LogP contribution in [-0.2, 0) is 4.74 Å². The molecule has 0 spiro atoms. The number of benzene rings is 3. The smallest absolute Gasteiger partial charge is 0.337 e. The van der Waals surface area contributed by atoms with E-state index in [1.165, 1.54) is 7.11 Å². The standard InChI is InChI=1S/C33H27N5O3/c1-21(2)41-32-14-12-26(20-36-32)22-7-9-23(10-8-22)29-19-31(24-11-13-28-30(18-24)35-16-15-34-28)38(37-29)27-6-4-5-25(17-27)33(39)40-3/h4-21H,1-3H3. The average Bonchev–Trinajstić information content (AvgIpc) is 3.46. The molecule has 8 nitrogen and oxygen atoms in total. The van der Waals surface area contributed by atoms with Crippen LogP contribution in [0.3, 0.4) is 0 Å². The first-order valence-corrected chi connectivity index (χ1v) is 13.2. The van der Waals surface area contributed by atoms with Gasteiger partial charge in [0.2, 0.25) is 5.88 Å². The number of hydrogen-bond donors (Lipinski definition) is 0. The number of pyridine rings is 1. The van der Waals surface area contributed by atoms with Gasteiger partial charge in [-0.25, -0.2) is 14.5 Å². The summed E-state index contributed by atoms with van der Waals surface area (Å²) in [4.78, 5) is 25.6. The van der Waals surface area contributed by atoms with Crippen LogP contribution in [0, 0.1) is 0 Å². The minimum Gasteiger partial charge on any atom is -0.475 e. The lowest BCUT2D eigenvalue weighted by molar-refractivity contribution is 0.0600. The number of aromatic nitrogens is 5. The molecule has 0 atom stereocenters. The fraction of sp³-hybridized carbons (Fsp3) is 0.121. The summed E-state index contributed by atoms with van der Waals surface area (Å²) >= 11 is 0. The molecular weight excluding hydrogens is 514 g/mol. The summed E-state index contributed by atoms with van der Waals surface area (Å²) in [6.45, 7) is 3.95. The third-order valence-corrected chi connectivity index (χ3v) is 6.59. The van der Waals surface area contributed by atoms with Gasteiger partial charge < -0.3 is 9.47 Å². The molecule has 0 radical (unpaired) electrons. The van der Waals surface area contributed by atoms with E-state index < -0.39 is 5.97 Å². The molecule has 6 rings (SSSR count). The highest BCUT2D eigenvalue weighted by Crippen LogP contribution is 2.32. The van der Waals surface area contributed by atoms with Gasteiger partial charge in [0.25, 0.3) is 0 Å². The van der Waals surface area contributed by atoms with E-state index in [9.17, 15) is 4.79 Å². The largest absolute Gasteiger partial charge is 0.475 e. The summed E-state index contributed by atoms with van der Waals surface area (Å²) < 4.78 is 12.4. The van der Waals surface area contributed by atoms with E-state index in [-0.39, 0.29) is 6.10 Å². The van der Waals surface area contributed by atoms with Crippen LogP contribution in [0.15, 0.2) is 104 Å². The van der Waals surface area contributed by atoms with E-state index in [0.29, 0.717) is 11.4 Å². The molecule has 0 aliphatic rings. The molecule has 0 amide bonds. The Bertz CT molecular complexity index is 1840. The zero-order valence-electron chi connectivity index (χ0n) is 22.9. The van der Waals surface area contributed by atoms with Crippen LogP contribution in [0.4, 0.5) is 0 Å². The maximum atomic E-state index is 12.3. The Morgan fingerprint density at radius 2 is 1.49 bits per heavy atom. The van der Waals surface area contributed by atoms with Crippen molar-refractivity contribution in [1.29, 1.82) is 0 Å². The Morgan fingerprint density at radius 3 is 2.22 bits per heavy atom. The van der Waals surface area contributed by atoms with Gasteiger partial charge in [-0.1, -0.05) is 36.4 Å². The summed E-state index contributed by atoms with van der Waals surface area (Å²) in [5.74, 6) is 0.199. The van der Waals surface area contributed by atoms with Gasteiger partial charge in [0.15, 0.2) is 0 Å². The van der Waals surface area contributed by atoms with Crippen molar-refractivity contribution in [3.63, 3.8) is 0 Å². The second-order valence-corrected chi connectivity index (χ2v) is 9.76. The minimum absolute atomic E-state index is 0.0720. The molecule has 0 N–H and O–H groups in total. The molecule has 3 heterocycles. The van der Waals surface area contributed by atoms with Gasteiger partial charge in [0.1, 0.15) is 0 Å². The maximum absolute atomic E-state index is 12.3. The number of esters is 1. The number of carbonyl (C=O) groups excluding carboxylic acids is 1. The number of rotatable bonds is 7. The first kappa shape index (κ1) is 25.9. The minimum atomic E-state index is -0.407. The quantitative estimate of drug-likeness (QED) is 0.206. The van der Waals surface area contributed by atoms with Gasteiger partial charge in [-0.3, -0.25) is 9.97 Å². The van der Waals surface area contributed by atoms with Gasteiger partial charge in [-0.15, -0.1) is 0 Å². The molecule has 41 heavy (non-hydrogen) atoms. The molecule has 8 heteroatoms. The van der Waals surface area contributed by atoms with Crippen LogP contribution in [-0.4, -0.2) is 43.9 Å². The highest BCUT2D eigenvalue weighted by Gasteiger charge is 2.16. The first-order chi connectivity index (χ1) is 20.0. The highest BCUT2D eigenvalue weighted by molar-refractivity contribution is 5.90. The first-order valence-electron chi connectivity index (χ1n) is 13.2. The summed E-state index contributed by atoms with van der Waals surface area (Å²) in [7, 11) is 1.37. The Labute approximate surface area is 237 Å². The highest BCUT2D eigenvalue weighted by atomic mass is 16.5. The van der Waals surface area contributed by atoms with E-state index in [2.05, 4.69) is 27.1 Å². The number of methoxy groups -OCH3 is 1. The van der Waals surface area contributed by atoms with Crippen molar-refractivity contribution >= 4 is 17.0 Å². The summed E-state index contributed by atoms with van der Waals surface area (Å²) in [5.41, 5.74) is 8.32. The Balaban J connectivity index is 1.40. The van der Waals surface area contributed by atoms with Crippen molar-refractivity contribution in [1.82, 2.24) is 24.7 Å². The van der Waals surface area contributed by atoms with E-state index >= 15 is 0 Å². The van der Waals surface area contributed by atoms with Crippen molar-refractivity contribution in [3.8, 4) is 45.2 Å². The van der Waals surface area contributed by atoms with Crippen LogP contribution in [0.5, 0.6) is 5.88 Å². The summed E-state index contributed by atoms with van der Waals surface area (Å²) in [5, 5.41) is 4.97. The number of carbonyl (C=O) groups is 1. The van der Waals surface area contributed by atoms with Crippen molar-refractivity contribution < 1.29 is 14.3 Å². The topological polar surface area (TPSA) is 92.0 Å². The molecule has 6 aromatic rings. The van der Waals surface area contributed by atoms with Crippen molar-refractivity contribution in [2.24, 2.45) is 0 Å². The molecule has 0 unspecified atom stereocenters. The number of hydrogen-bond acceptors (Lipinski definition) is 7. The normalized spacial score (nSPS) is 11.1. The summed E-state index contributed by atoms with van der Waals surface area (Å²) in [6, 6.07) is 27.3. The fourth-order valence-electron chi connectivity index (χ4n) is 4.63. The molecule has 0 saturated carbocycles. The fourth-order valence-corrected chi connectivity index (χ4v) is 4.63. The summed E-state index contributed by atoms with van der Waals surface area (Å²) in [6.07, 6.45) is 5.24. The lowest BCUT2D eigenvalue weighted by atomic mass is 10.0. The van der Waals surface area contributed by atoms with Crippen LogP contribution in [0.2, 0.25) is 0 Å². The Kier molecular flexibility index (Phi) is 6.95. The molecule has 0 bridgehead atoms. The number of ether oxygens (including phenoxy) is 2. The van der Waals surface area contributed by atoms with E-state index in [1.807, 2.05) is 85.4 Å². The van der Waals surface area contributed by atoms with Crippen molar-refractivity contribution in [2.75, 3.05) is 7.11 Å². The van der Waals surface area contributed by atoms with E-state index in [0.717, 1.165) is 50.4 Å². The number of nitrogens with zero attached hydrogens (tertiary/aromatic N) is 5. The van der Waals surface area contributed by atoms with Crippen LogP contribution in [0.25, 0.3) is 50.4 Å². The third-order valence-electron chi connectivity index (χ3n) is 6.59. The van der Waals surface area contributed by atoms with Crippen LogP contribution in [0.1, 0.15) is 24.2 Å². The van der Waals surface area contributed by atoms with E-state index in [1.54, 1.807) is 24.5 Å². The number of fused-ring (bicyclic) bond motifs is 1. The van der Waals surface area contributed by atoms with Gasteiger partial charge in [0.05, 0.1) is 46.9 Å². The average molecular weight is 542 g/mol. The molecule has 202 valence electrons. The molecule has 0 saturated heterocycles. The lowest BCUT2D eigenvalue weighted by Gasteiger charge is -2.09. The molecule has 0 aliphatic heterocycles. The van der Waals surface area contributed by atoms with E-state index in [4.69, 9.17) is 14.6 Å². The van der Waals surface area contributed by atoms with Crippen LogP contribution >= 0.6 is 0 Å². The predicted molar refractivity (Wildman–Crippen MR) is 158 cm³/mol. The van der Waals surface area contributed by atoms with Gasteiger partial charge >= 0.3 is 5.97 Å². The maximum Gasteiger partial charge on any atom is 0.337 e. The third kappa shape index (κ3) is 5.40. The monoisotopic (exact) mass is 541 g/mol. The Hall–Kier alpha value is -5.37. The molecule has 0 aliphatic carbocycles. The molecule has 0 fully saturated rings. The van der Waals surface area contributed by atoms with Crippen LogP contribution < -0.4 is 4.74 Å². The Morgan fingerprint density at radius 1 is 0.756 bits per heavy atom. The van der Waals surface area contributed by atoms with Gasteiger partial charge in [0, 0.05) is 41.3 Å². The zero-order valence-corrected chi connectivity index (χ0v) is 22.9. The zero-order chi connectivity index (χ0) is 28.3. The molecular formula is C33H27N5O3.